The molecule has 3 aliphatic heterocycles. The number of carbonyl (C=O) groups excluding carboxylic acids is 1. The average Bonchev–Trinajstić information content (AvgIpc) is 3.36. The Morgan fingerprint density at radius 2 is 1.54 bits per heavy atom. The molecule has 0 spiro atoms. The van der Waals surface area contributed by atoms with E-state index in [4.69, 9.17) is 15.2 Å². The molecule has 2 N–H and O–H groups in total. The number of nitrogens with two attached hydrogens (primary N) is 1. The second-order valence-electron chi connectivity index (χ2n) is 14.4. The van der Waals surface area contributed by atoms with E-state index < -0.39 is 5.60 Å². The number of hydrogen-bond donors (Lipinski definition) is 1. The zero-order valence-electron chi connectivity index (χ0n) is 28.1. The molecule has 4 aromatic rings. The number of hydrogen-bond acceptors (Lipinski definition) is 9. The number of nitrogen functional groups attached to an aromatic ring is 1. The lowest BCUT2D eigenvalue weighted by atomic mass is 9.93. The molecule has 3 fully saturated rings. The molecule has 0 aliphatic carbocycles. The molecule has 2 aromatic carbocycles. The molecule has 5 heterocycles. The number of nitrogens with zero attached hydrogens (tertiary/aromatic N) is 7. The fourth-order valence-corrected chi connectivity index (χ4v) is 7.35. The Labute approximate surface area is 281 Å². The summed E-state index contributed by atoms with van der Waals surface area (Å²) in [6.45, 7) is 12.4. The fraction of sp³-hybridized carbons (Fsp3) is 0.500. The first-order valence-electron chi connectivity index (χ1n) is 17.1. The number of amides is 1. The summed E-state index contributed by atoms with van der Waals surface area (Å²) in [7, 11) is 0. The van der Waals surface area contributed by atoms with Crippen molar-refractivity contribution in [1.82, 2.24) is 33.8 Å². The third-order valence-electron chi connectivity index (χ3n) is 9.86. The van der Waals surface area contributed by atoms with Gasteiger partial charge in [-0.3, -0.25) is 18.9 Å². The topological polar surface area (TPSA) is 124 Å². The van der Waals surface area contributed by atoms with Gasteiger partial charge in [0.05, 0.1) is 5.69 Å². The molecule has 0 saturated carbocycles. The maximum atomic E-state index is 14.1. The van der Waals surface area contributed by atoms with Crippen LogP contribution in [0.1, 0.15) is 52.5 Å². The summed E-state index contributed by atoms with van der Waals surface area (Å²) in [5.74, 6) is 2.32. The van der Waals surface area contributed by atoms with Crippen LogP contribution in [0.5, 0.6) is 11.5 Å². The van der Waals surface area contributed by atoms with Gasteiger partial charge in [0, 0.05) is 57.9 Å². The number of piperidine rings is 2. The van der Waals surface area contributed by atoms with Crippen LogP contribution < -0.4 is 16.2 Å². The van der Waals surface area contributed by atoms with E-state index in [2.05, 4.69) is 19.8 Å². The normalized spacial score (nSPS) is 19.0. The maximum Gasteiger partial charge on any atom is 0.410 e. The highest BCUT2D eigenvalue weighted by Gasteiger charge is 2.37. The van der Waals surface area contributed by atoms with Crippen LogP contribution >= 0.6 is 0 Å². The van der Waals surface area contributed by atoms with Gasteiger partial charge in [0.1, 0.15) is 28.9 Å². The SMILES string of the molecule is CC(C)(C)OC(=O)N1CCC(CN2CC(N3CCC(n4c(=O)n(-c5ccc(Oc6ccccc6)cc5)c5c(N)ncnc54)CC3)C2)CC1. The number of para-hydroxylation sites is 1. The highest BCUT2D eigenvalue weighted by atomic mass is 16.6. The van der Waals surface area contributed by atoms with Gasteiger partial charge >= 0.3 is 11.8 Å². The Morgan fingerprint density at radius 3 is 2.21 bits per heavy atom. The number of imidazole rings is 1. The van der Waals surface area contributed by atoms with Crippen molar-refractivity contribution < 1.29 is 14.3 Å². The minimum absolute atomic E-state index is 0.0267. The molecule has 7 rings (SSSR count). The Hall–Kier alpha value is -4.42. The van der Waals surface area contributed by atoms with E-state index in [0.29, 0.717) is 34.6 Å². The summed E-state index contributed by atoms with van der Waals surface area (Å²) in [5, 5.41) is 0. The minimum atomic E-state index is -0.460. The predicted molar refractivity (Wildman–Crippen MR) is 185 cm³/mol. The Balaban J connectivity index is 0.954. The third kappa shape index (κ3) is 6.77. The Morgan fingerprint density at radius 1 is 0.875 bits per heavy atom. The van der Waals surface area contributed by atoms with Gasteiger partial charge in [0.2, 0.25) is 0 Å². The smallest absolute Gasteiger partial charge is 0.410 e. The first kappa shape index (κ1) is 32.1. The second kappa shape index (κ2) is 13.2. The molecule has 254 valence electrons. The van der Waals surface area contributed by atoms with E-state index in [-0.39, 0.29) is 23.6 Å². The van der Waals surface area contributed by atoms with Crippen LogP contribution in [0.15, 0.2) is 65.7 Å². The lowest BCUT2D eigenvalue weighted by Crippen LogP contribution is -2.61. The van der Waals surface area contributed by atoms with Crippen molar-refractivity contribution in [1.29, 1.82) is 0 Å². The molecule has 0 unspecified atom stereocenters. The summed E-state index contributed by atoms with van der Waals surface area (Å²) in [5.41, 5.74) is 7.55. The minimum Gasteiger partial charge on any atom is -0.457 e. The molecule has 3 aliphatic rings. The van der Waals surface area contributed by atoms with Crippen LogP contribution in [0.3, 0.4) is 0 Å². The Bertz CT molecular complexity index is 1780. The van der Waals surface area contributed by atoms with Crippen LogP contribution in [0.4, 0.5) is 10.6 Å². The van der Waals surface area contributed by atoms with Crippen molar-refractivity contribution in [2.24, 2.45) is 5.92 Å². The molecule has 12 nitrogen and oxygen atoms in total. The van der Waals surface area contributed by atoms with Crippen molar-refractivity contribution in [3.8, 4) is 17.2 Å². The van der Waals surface area contributed by atoms with E-state index in [1.165, 1.54) is 6.33 Å². The monoisotopic (exact) mass is 654 g/mol. The van der Waals surface area contributed by atoms with Crippen LogP contribution in [-0.2, 0) is 4.74 Å². The van der Waals surface area contributed by atoms with Gasteiger partial charge in [-0.15, -0.1) is 0 Å². The molecule has 48 heavy (non-hydrogen) atoms. The van der Waals surface area contributed by atoms with Crippen LogP contribution in [0.2, 0.25) is 0 Å². The molecule has 1 amide bonds. The molecule has 0 atom stereocenters. The molecule has 3 saturated heterocycles. The fourth-order valence-electron chi connectivity index (χ4n) is 7.35. The zero-order valence-corrected chi connectivity index (χ0v) is 28.1. The quantitative estimate of drug-likeness (QED) is 0.296. The number of anilines is 1. The lowest BCUT2D eigenvalue weighted by molar-refractivity contribution is -0.00378. The number of aromatic nitrogens is 4. The van der Waals surface area contributed by atoms with Crippen molar-refractivity contribution in [3.05, 3.63) is 71.4 Å². The molecule has 0 radical (unpaired) electrons. The van der Waals surface area contributed by atoms with Crippen molar-refractivity contribution in [2.45, 2.75) is 64.1 Å². The number of benzene rings is 2. The largest absolute Gasteiger partial charge is 0.457 e. The number of fused-ring (bicyclic) bond motifs is 1. The van der Waals surface area contributed by atoms with E-state index in [1.54, 1.807) is 4.57 Å². The van der Waals surface area contributed by atoms with Gasteiger partial charge in [-0.25, -0.2) is 19.6 Å². The second-order valence-corrected chi connectivity index (χ2v) is 14.4. The zero-order chi connectivity index (χ0) is 33.4. The van der Waals surface area contributed by atoms with Crippen molar-refractivity contribution in [3.63, 3.8) is 0 Å². The summed E-state index contributed by atoms with van der Waals surface area (Å²) < 4.78 is 15.0. The van der Waals surface area contributed by atoms with E-state index >= 15 is 0 Å². The van der Waals surface area contributed by atoms with Gasteiger partial charge < -0.3 is 20.1 Å². The highest BCUT2D eigenvalue weighted by molar-refractivity contribution is 5.84. The van der Waals surface area contributed by atoms with Gasteiger partial charge in [0.15, 0.2) is 11.5 Å². The first-order valence-corrected chi connectivity index (χ1v) is 17.1. The maximum absolute atomic E-state index is 14.1. The summed E-state index contributed by atoms with van der Waals surface area (Å²) in [6.07, 6.45) is 5.02. The molecular weight excluding hydrogens is 608 g/mol. The van der Waals surface area contributed by atoms with Crippen LogP contribution in [-0.4, -0.2) is 97.4 Å². The number of carbonyl (C=O) groups is 1. The average molecular weight is 655 g/mol. The lowest BCUT2D eigenvalue weighted by Gasteiger charge is -2.49. The number of likely N-dealkylation sites (tertiary alicyclic amines) is 3. The molecular formula is C36H46N8O4. The first-order chi connectivity index (χ1) is 23.1. The van der Waals surface area contributed by atoms with Gasteiger partial charge in [0.25, 0.3) is 0 Å². The summed E-state index contributed by atoms with van der Waals surface area (Å²) in [4.78, 5) is 42.3. The third-order valence-corrected chi connectivity index (χ3v) is 9.86. The van der Waals surface area contributed by atoms with Crippen LogP contribution in [0.25, 0.3) is 16.9 Å². The van der Waals surface area contributed by atoms with E-state index in [1.807, 2.05) is 84.8 Å². The molecule has 12 heteroatoms. The summed E-state index contributed by atoms with van der Waals surface area (Å²) >= 11 is 0. The van der Waals surface area contributed by atoms with Gasteiger partial charge in [-0.05, 0) is 88.8 Å². The molecule has 2 aromatic heterocycles. The highest BCUT2D eigenvalue weighted by Crippen LogP contribution is 2.31. The number of rotatable bonds is 7. The van der Waals surface area contributed by atoms with E-state index in [0.717, 1.165) is 77.2 Å². The van der Waals surface area contributed by atoms with Crippen LogP contribution in [0, 0.1) is 5.92 Å². The van der Waals surface area contributed by atoms with Crippen molar-refractivity contribution in [2.75, 3.05) is 51.5 Å². The Kier molecular flexibility index (Phi) is 8.86. The van der Waals surface area contributed by atoms with Gasteiger partial charge in [-0.1, -0.05) is 18.2 Å². The molecule has 0 bridgehead atoms. The van der Waals surface area contributed by atoms with Gasteiger partial charge in [-0.2, -0.15) is 0 Å². The number of ether oxygens (including phenoxy) is 2. The van der Waals surface area contributed by atoms with E-state index in [9.17, 15) is 9.59 Å². The standard InChI is InChI=1S/C36H46N8O4/c1-36(2,3)48-35(46)42-17-13-25(14-18-42)21-40-22-28(23-40)41-19-15-27(16-20-41)44-33-31(32(37)38-24-39-33)43(34(44)45)26-9-11-30(12-10-26)47-29-7-5-4-6-8-29/h4-12,24-25,27-28H,13-23H2,1-3H3,(H2,37,38,39). The summed E-state index contributed by atoms with van der Waals surface area (Å²) in [6, 6.07) is 17.6. The van der Waals surface area contributed by atoms with Crippen molar-refractivity contribution >= 4 is 23.1 Å². The predicted octanol–water partition coefficient (Wildman–Crippen LogP) is 4.92.